The molecule has 0 saturated carbocycles. The number of alkyl halides is 1. The van der Waals surface area contributed by atoms with E-state index in [4.69, 9.17) is 16.3 Å². The lowest BCUT2D eigenvalue weighted by Crippen LogP contribution is -2.03. The van der Waals surface area contributed by atoms with E-state index in [1.54, 1.807) is 12.1 Å². The lowest BCUT2D eigenvalue weighted by Gasteiger charge is -2.12. The zero-order chi connectivity index (χ0) is 15.2. The summed E-state index contributed by atoms with van der Waals surface area (Å²) < 4.78 is 20.0. The number of rotatable bonds is 6. The summed E-state index contributed by atoms with van der Waals surface area (Å²) in [7, 11) is 0. The summed E-state index contributed by atoms with van der Waals surface area (Å²) in [5.41, 5.74) is 2.40. The van der Waals surface area contributed by atoms with Crippen LogP contribution >= 0.6 is 27.5 Å². The fourth-order valence-electron chi connectivity index (χ4n) is 1.97. The van der Waals surface area contributed by atoms with Gasteiger partial charge in [-0.3, -0.25) is 0 Å². The van der Waals surface area contributed by atoms with E-state index in [1.165, 1.54) is 6.07 Å². The minimum absolute atomic E-state index is 0.228. The van der Waals surface area contributed by atoms with E-state index in [0.29, 0.717) is 24.6 Å². The van der Waals surface area contributed by atoms with Gasteiger partial charge in [-0.25, -0.2) is 4.39 Å². The average molecular weight is 373 g/mol. The summed E-state index contributed by atoms with van der Waals surface area (Å²) in [5, 5.41) is 3.20. The third-order valence-electron chi connectivity index (χ3n) is 3.00. The molecule has 0 unspecified atom stereocenters. The lowest BCUT2D eigenvalue weighted by molar-refractivity contribution is 0.337. The summed E-state index contributed by atoms with van der Waals surface area (Å²) >= 11 is 9.27. The van der Waals surface area contributed by atoms with Crippen LogP contribution < -0.4 is 10.1 Å². The van der Waals surface area contributed by atoms with Crippen LogP contribution in [-0.2, 0) is 12.4 Å². The van der Waals surface area contributed by atoms with Crippen LogP contribution in [0.3, 0.4) is 0 Å². The predicted molar refractivity (Wildman–Crippen MR) is 88.6 cm³/mol. The van der Waals surface area contributed by atoms with Crippen molar-refractivity contribution in [3.8, 4) is 5.75 Å². The van der Waals surface area contributed by atoms with Gasteiger partial charge in [0.15, 0.2) is 0 Å². The standard InChI is InChI=1S/C16H16BrClFNO/c1-2-21-16-6-4-14(8-11(16)9-18)20-10-12-7-13(17)3-5-15(12)19/h3-8,20H,2,9-10H2,1H3. The molecule has 0 saturated heterocycles. The predicted octanol–water partition coefficient (Wildman–Crippen LogP) is 5.34. The highest BCUT2D eigenvalue weighted by Gasteiger charge is 2.06. The van der Waals surface area contributed by atoms with E-state index in [1.807, 2.05) is 25.1 Å². The summed E-state index contributed by atoms with van der Waals surface area (Å²) in [4.78, 5) is 0. The van der Waals surface area contributed by atoms with Crippen molar-refractivity contribution in [2.24, 2.45) is 0 Å². The monoisotopic (exact) mass is 371 g/mol. The molecule has 0 aliphatic heterocycles. The summed E-state index contributed by atoms with van der Waals surface area (Å²) in [6.07, 6.45) is 0. The molecule has 112 valence electrons. The van der Waals surface area contributed by atoms with Crippen molar-refractivity contribution in [3.05, 3.63) is 57.8 Å². The molecular weight excluding hydrogens is 357 g/mol. The smallest absolute Gasteiger partial charge is 0.128 e. The van der Waals surface area contributed by atoms with E-state index in [9.17, 15) is 4.39 Å². The lowest BCUT2D eigenvalue weighted by atomic mass is 10.1. The largest absolute Gasteiger partial charge is 0.494 e. The maximum atomic E-state index is 13.7. The van der Waals surface area contributed by atoms with Gasteiger partial charge in [0.05, 0.1) is 12.5 Å². The molecule has 0 amide bonds. The van der Waals surface area contributed by atoms with Gasteiger partial charge in [-0.2, -0.15) is 0 Å². The van der Waals surface area contributed by atoms with Crippen molar-refractivity contribution in [2.75, 3.05) is 11.9 Å². The first kappa shape index (κ1) is 16.1. The van der Waals surface area contributed by atoms with Crippen LogP contribution in [0.25, 0.3) is 0 Å². The van der Waals surface area contributed by atoms with Crippen LogP contribution in [0.1, 0.15) is 18.1 Å². The van der Waals surface area contributed by atoms with E-state index >= 15 is 0 Å². The van der Waals surface area contributed by atoms with Crippen molar-refractivity contribution in [2.45, 2.75) is 19.3 Å². The van der Waals surface area contributed by atoms with Gasteiger partial charge in [-0.15, -0.1) is 11.6 Å². The molecule has 21 heavy (non-hydrogen) atoms. The summed E-state index contributed by atoms with van der Waals surface area (Å²) in [6, 6.07) is 10.6. The van der Waals surface area contributed by atoms with E-state index in [2.05, 4.69) is 21.2 Å². The highest BCUT2D eigenvalue weighted by Crippen LogP contribution is 2.25. The Hall–Kier alpha value is -1.26. The van der Waals surface area contributed by atoms with Gasteiger partial charge in [0.1, 0.15) is 11.6 Å². The number of benzene rings is 2. The van der Waals surface area contributed by atoms with Crippen molar-refractivity contribution < 1.29 is 9.13 Å². The molecule has 0 radical (unpaired) electrons. The van der Waals surface area contributed by atoms with Crippen LogP contribution in [0.2, 0.25) is 0 Å². The minimum Gasteiger partial charge on any atom is -0.494 e. The van der Waals surface area contributed by atoms with Gasteiger partial charge in [-0.1, -0.05) is 15.9 Å². The Kier molecular flexibility index (Phi) is 5.88. The average Bonchev–Trinajstić information content (AvgIpc) is 2.49. The van der Waals surface area contributed by atoms with E-state index in [-0.39, 0.29) is 5.82 Å². The molecule has 2 nitrogen and oxygen atoms in total. The third kappa shape index (κ3) is 4.35. The molecule has 0 spiro atoms. The molecule has 2 aromatic rings. The zero-order valence-corrected chi connectivity index (χ0v) is 14.0. The van der Waals surface area contributed by atoms with Gasteiger partial charge in [0, 0.05) is 27.8 Å². The van der Waals surface area contributed by atoms with Crippen molar-refractivity contribution in [1.29, 1.82) is 0 Å². The quantitative estimate of drug-likeness (QED) is 0.691. The Balaban J connectivity index is 2.11. The van der Waals surface area contributed by atoms with Gasteiger partial charge in [-0.05, 0) is 43.3 Å². The molecule has 0 aromatic heterocycles. The number of anilines is 1. The van der Waals surface area contributed by atoms with Crippen LogP contribution in [0.4, 0.5) is 10.1 Å². The van der Waals surface area contributed by atoms with Crippen molar-refractivity contribution in [3.63, 3.8) is 0 Å². The third-order valence-corrected chi connectivity index (χ3v) is 3.78. The number of halogens is 3. The summed E-state index contributed by atoms with van der Waals surface area (Å²) in [5.74, 6) is 0.928. The van der Waals surface area contributed by atoms with Gasteiger partial charge >= 0.3 is 0 Å². The van der Waals surface area contributed by atoms with Gasteiger partial charge < -0.3 is 10.1 Å². The summed E-state index contributed by atoms with van der Waals surface area (Å²) in [6.45, 7) is 2.93. The minimum atomic E-state index is -0.228. The highest BCUT2D eigenvalue weighted by molar-refractivity contribution is 9.10. The normalized spacial score (nSPS) is 10.5. The highest BCUT2D eigenvalue weighted by atomic mass is 79.9. The SMILES string of the molecule is CCOc1ccc(NCc2cc(Br)ccc2F)cc1CCl. The zero-order valence-electron chi connectivity index (χ0n) is 11.6. The molecule has 5 heteroatoms. The molecule has 0 aliphatic rings. The number of ether oxygens (including phenoxy) is 1. The number of nitrogens with one attached hydrogen (secondary N) is 1. The van der Waals surface area contributed by atoms with Crippen molar-refractivity contribution in [1.82, 2.24) is 0 Å². The maximum absolute atomic E-state index is 13.7. The van der Waals surface area contributed by atoms with Crippen LogP contribution in [0.15, 0.2) is 40.9 Å². The van der Waals surface area contributed by atoms with Crippen LogP contribution in [0, 0.1) is 5.82 Å². The first-order valence-corrected chi connectivity index (χ1v) is 7.96. The van der Waals surface area contributed by atoms with E-state index in [0.717, 1.165) is 21.5 Å². The Morgan fingerprint density at radius 1 is 1.19 bits per heavy atom. The molecule has 0 atom stereocenters. The Bertz CT molecular complexity index is 621. The molecule has 0 heterocycles. The fraction of sp³-hybridized carbons (Fsp3) is 0.250. The van der Waals surface area contributed by atoms with E-state index < -0.39 is 0 Å². The molecule has 0 aliphatic carbocycles. The second kappa shape index (κ2) is 7.66. The van der Waals surface area contributed by atoms with Gasteiger partial charge in [0.25, 0.3) is 0 Å². The van der Waals surface area contributed by atoms with Crippen LogP contribution in [-0.4, -0.2) is 6.61 Å². The second-order valence-corrected chi connectivity index (χ2v) is 5.66. The van der Waals surface area contributed by atoms with Crippen LogP contribution in [0.5, 0.6) is 5.75 Å². The fourth-order valence-corrected chi connectivity index (χ4v) is 2.58. The Labute approximate surface area is 137 Å². The van der Waals surface area contributed by atoms with Crippen molar-refractivity contribution >= 4 is 33.2 Å². The molecular formula is C16H16BrClFNO. The first-order valence-electron chi connectivity index (χ1n) is 6.63. The Morgan fingerprint density at radius 2 is 2.00 bits per heavy atom. The molecule has 2 aromatic carbocycles. The van der Waals surface area contributed by atoms with Gasteiger partial charge in [0.2, 0.25) is 0 Å². The Morgan fingerprint density at radius 3 is 2.71 bits per heavy atom. The topological polar surface area (TPSA) is 21.3 Å². The maximum Gasteiger partial charge on any atom is 0.128 e. The molecule has 1 N–H and O–H groups in total. The molecule has 2 rings (SSSR count). The number of hydrogen-bond donors (Lipinski definition) is 1. The first-order chi connectivity index (χ1) is 10.1. The molecule has 0 fully saturated rings. The molecule has 0 bridgehead atoms. The second-order valence-electron chi connectivity index (χ2n) is 4.48. The number of hydrogen-bond acceptors (Lipinski definition) is 2.